The number of oxime groups is 1. The van der Waals surface area contributed by atoms with Crippen molar-refractivity contribution in [3.63, 3.8) is 0 Å². The summed E-state index contributed by atoms with van der Waals surface area (Å²) in [5, 5.41) is 4.95. The van der Waals surface area contributed by atoms with E-state index in [1.54, 1.807) is 31.4 Å². The molecular formula is C21H21N3O4. The lowest BCUT2D eigenvalue weighted by atomic mass is 9.94. The lowest BCUT2D eigenvalue weighted by Gasteiger charge is -2.17. The molecule has 2 amide bonds. The monoisotopic (exact) mass is 379 g/mol. The van der Waals surface area contributed by atoms with Gasteiger partial charge in [0.2, 0.25) is 0 Å². The van der Waals surface area contributed by atoms with E-state index in [4.69, 9.17) is 14.7 Å². The molecule has 0 atom stereocenters. The van der Waals surface area contributed by atoms with Gasteiger partial charge >= 0.3 is 0 Å². The van der Waals surface area contributed by atoms with E-state index in [0.717, 1.165) is 41.4 Å². The average Bonchev–Trinajstić information content (AvgIpc) is 2.96. The molecule has 0 N–H and O–H groups in total. The number of carbonyl (C=O) groups excluding carboxylic acids is 2. The fourth-order valence-corrected chi connectivity index (χ4v) is 3.58. The summed E-state index contributed by atoms with van der Waals surface area (Å²) >= 11 is 0. The molecule has 0 unspecified atom stereocenters. The third kappa shape index (κ3) is 3.41. The fraction of sp³-hybridized carbons (Fsp3) is 0.333. The molecule has 2 aliphatic rings. The van der Waals surface area contributed by atoms with Gasteiger partial charge < -0.3 is 4.84 Å². The zero-order chi connectivity index (χ0) is 19.5. The molecule has 4 rings (SSSR count). The summed E-state index contributed by atoms with van der Waals surface area (Å²) in [5.41, 5.74) is 4.67. The first-order chi connectivity index (χ1) is 13.7. The van der Waals surface area contributed by atoms with Gasteiger partial charge in [-0.05, 0) is 55.9 Å². The highest BCUT2D eigenvalue weighted by molar-refractivity contribution is 6.20. The van der Waals surface area contributed by atoms with Crippen LogP contribution in [-0.2, 0) is 22.5 Å². The summed E-state index contributed by atoms with van der Waals surface area (Å²) in [6, 6.07) is 10.8. The molecule has 28 heavy (non-hydrogen) atoms. The number of hydrogen-bond acceptors (Lipinski definition) is 6. The number of nitrogens with zero attached hydrogens (tertiary/aromatic N) is 3. The summed E-state index contributed by atoms with van der Waals surface area (Å²) in [6.45, 7) is 0.253. The lowest BCUT2D eigenvalue weighted by Crippen LogP contribution is -2.30. The SMILES string of the molecule is CO/N=C1\CCCc2ccc(CCCON3C(=O)c4ccccc4C3=O)nc21. The molecule has 0 fully saturated rings. The Labute approximate surface area is 162 Å². The van der Waals surface area contributed by atoms with Gasteiger partial charge in [-0.25, -0.2) is 0 Å². The van der Waals surface area contributed by atoms with Crippen LogP contribution in [0.2, 0.25) is 0 Å². The maximum absolute atomic E-state index is 12.3. The van der Waals surface area contributed by atoms with Crippen LogP contribution in [0.3, 0.4) is 0 Å². The molecule has 1 aromatic heterocycles. The van der Waals surface area contributed by atoms with Crippen LogP contribution in [0.5, 0.6) is 0 Å². The van der Waals surface area contributed by atoms with E-state index in [0.29, 0.717) is 24.0 Å². The number of fused-ring (bicyclic) bond motifs is 2. The number of imide groups is 1. The second kappa shape index (κ2) is 7.90. The highest BCUT2D eigenvalue weighted by atomic mass is 16.7. The van der Waals surface area contributed by atoms with Gasteiger partial charge in [-0.3, -0.25) is 19.4 Å². The van der Waals surface area contributed by atoms with Crippen LogP contribution in [-0.4, -0.2) is 41.3 Å². The molecular weight excluding hydrogens is 358 g/mol. The molecule has 0 radical (unpaired) electrons. The van der Waals surface area contributed by atoms with Crippen molar-refractivity contribution in [2.75, 3.05) is 13.7 Å². The summed E-state index contributed by atoms with van der Waals surface area (Å²) in [5.74, 6) is -0.819. The average molecular weight is 379 g/mol. The van der Waals surface area contributed by atoms with E-state index in [1.165, 1.54) is 5.56 Å². The molecule has 0 saturated heterocycles. The van der Waals surface area contributed by atoms with E-state index < -0.39 is 11.8 Å². The topological polar surface area (TPSA) is 81.1 Å². The Bertz CT molecular complexity index is 919. The van der Waals surface area contributed by atoms with E-state index in [1.807, 2.05) is 6.07 Å². The quantitative estimate of drug-likeness (QED) is 0.438. The summed E-state index contributed by atoms with van der Waals surface area (Å²) in [7, 11) is 1.54. The van der Waals surface area contributed by atoms with E-state index in [-0.39, 0.29) is 6.61 Å². The maximum atomic E-state index is 12.3. The minimum atomic E-state index is -0.409. The first kappa shape index (κ1) is 18.3. The minimum Gasteiger partial charge on any atom is -0.399 e. The second-order valence-corrected chi connectivity index (χ2v) is 6.77. The fourth-order valence-electron chi connectivity index (χ4n) is 3.58. The summed E-state index contributed by atoms with van der Waals surface area (Å²) in [4.78, 5) is 39.7. The van der Waals surface area contributed by atoms with E-state index in [2.05, 4.69) is 11.2 Å². The number of rotatable bonds is 6. The Balaban J connectivity index is 1.35. The molecule has 1 aliphatic heterocycles. The van der Waals surface area contributed by atoms with Gasteiger partial charge in [0.05, 0.1) is 23.4 Å². The minimum absolute atomic E-state index is 0.253. The maximum Gasteiger partial charge on any atom is 0.285 e. The normalized spacial score (nSPS) is 17.0. The smallest absolute Gasteiger partial charge is 0.285 e. The van der Waals surface area contributed by atoms with Crippen LogP contribution in [0.1, 0.15) is 56.9 Å². The van der Waals surface area contributed by atoms with Gasteiger partial charge in [0.25, 0.3) is 11.8 Å². The zero-order valence-electron chi connectivity index (χ0n) is 15.7. The summed E-state index contributed by atoms with van der Waals surface area (Å²) in [6.07, 6.45) is 4.21. The molecule has 0 bridgehead atoms. The number of aryl methyl sites for hydroxylation is 2. The first-order valence-corrected chi connectivity index (χ1v) is 9.39. The molecule has 7 heteroatoms. The van der Waals surface area contributed by atoms with Crippen molar-refractivity contribution < 1.29 is 19.3 Å². The molecule has 1 aromatic carbocycles. The number of hydrogen-bond donors (Lipinski definition) is 0. The highest BCUT2D eigenvalue weighted by Gasteiger charge is 2.36. The van der Waals surface area contributed by atoms with Crippen LogP contribution < -0.4 is 0 Å². The molecule has 7 nitrogen and oxygen atoms in total. The molecule has 0 spiro atoms. The van der Waals surface area contributed by atoms with Crippen molar-refractivity contribution in [1.29, 1.82) is 0 Å². The third-order valence-corrected chi connectivity index (χ3v) is 4.93. The van der Waals surface area contributed by atoms with Crippen molar-refractivity contribution in [2.24, 2.45) is 5.16 Å². The van der Waals surface area contributed by atoms with Crippen LogP contribution in [0.4, 0.5) is 0 Å². The van der Waals surface area contributed by atoms with Crippen molar-refractivity contribution in [1.82, 2.24) is 10.0 Å². The number of pyridine rings is 1. The molecule has 144 valence electrons. The molecule has 0 saturated carbocycles. The lowest BCUT2D eigenvalue weighted by molar-refractivity contribution is -0.0918. The van der Waals surface area contributed by atoms with Gasteiger partial charge in [-0.1, -0.05) is 23.4 Å². The Kier molecular flexibility index (Phi) is 5.16. The number of benzene rings is 1. The molecule has 2 aromatic rings. The summed E-state index contributed by atoms with van der Waals surface area (Å²) < 4.78 is 0. The first-order valence-electron chi connectivity index (χ1n) is 9.39. The van der Waals surface area contributed by atoms with Crippen LogP contribution >= 0.6 is 0 Å². The van der Waals surface area contributed by atoms with Gasteiger partial charge in [-0.2, -0.15) is 0 Å². The zero-order valence-corrected chi connectivity index (χ0v) is 15.7. The Morgan fingerprint density at radius 1 is 1.07 bits per heavy atom. The highest BCUT2D eigenvalue weighted by Crippen LogP contribution is 2.23. The standard InChI is InChI=1S/C21H21N3O4/c1-27-23-18-10-4-6-14-11-12-15(22-19(14)18)7-5-13-28-24-20(25)16-8-2-3-9-17(16)21(24)26/h2-3,8-9,11-12H,4-7,10,13H2,1H3/b23-18+. The molecule has 2 heterocycles. The van der Waals surface area contributed by atoms with Gasteiger partial charge in [0.1, 0.15) is 12.8 Å². The largest absolute Gasteiger partial charge is 0.399 e. The van der Waals surface area contributed by atoms with Crippen molar-refractivity contribution in [2.45, 2.75) is 32.1 Å². The number of hydroxylamine groups is 2. The second-order valence-electron chi connectivity index (χ2n) is 6.77. The number of carbonyl (C=O) groups is 2. The van der Waals surface area contributed by atoms with Gasteiger partial charge in [-0.15, -0.1) is 5.06 Å². The van der Waals surface area contributed by atoms with E-state index in [9.17, 15) is 9.59 Å². The van der Waals surface area contributed by atoms with Crippen molar-refractivity contribution in [3.05, 3.63) is 64.5 Å². The number of aromatic nitrogens is 1. The molecule has 1 aliphatic carbocycles. The van der Waals surface area contributed by atoms with Crippen molar-refractivity contribution >= 4 is 17.5 Å². The Morgan fingerprint density at radius 3 is 2.54 bits per heavy atom. The van der Waals surface area contributed by atoms with Gasteiger partial charge in [0, 0.05) is 5.69 Å². The Hall–Kier alpha value is -3.06. The van der Waals surface area contributed by atoms with E-state index >= 15 is 0 Å². The predicted octanol–water partition coefficient (Wildman–Crippen LogP) is 2.93. The van der Waals surface area contributed by atoms with Crippen LogP contribution in [0.15, 0.2) is 41.6 Å². The predicted molar refractivity (Wildman–Crippen MR) is 102 cm³/mol. The van der Waals surface area contributed by atoms with Gasteiger partial charge in [0.15, 0.2) is 0 Å². The van der Waals surface area contributed by atoms with Crippen molar-refractivity contribution in [3.8, 4) is 0 Å². The van der Waals surface area contributed by atoms with Crippen LogP contribution in [0.25, 0.3) is 0 Å². The van der Waals surface area contributed by atoms with Crippen LogP contribution in [0, 0.1) is 0 Å². The Morgan fingerprint density at radius 2 is 1.82 bits per heavy atom. The third-order valence-electron chi connectivity index (χ3n) is 4.93. The number of amides is 2.